The number of urea groups is 1. The Labute approximate surface area is 122 Å². The number of methoxy groups -OCH3 is 1. The summed E-state index contributed by atoms with van der Waals surface area (Å²) < 4.78 is 4.52. The number of carbonyl (C=O) groups excluding carboxylic acids is 2. The number of aliphatic carboxylic acids is 1. The zero-order chi connectivity index (χ0) is 15.3. The van der Waals surface area contributed by atoms with Crippen molar-refractivity contribution >= 4 is 29.7 Å². The Bertz CT molecular complexity index is 390. The van der Waals surface area contributed by atoms with Crippen molar-refractivity contribution in [3.63, 3.8) is 0 Å². The highest BCUT2D eigenvalue weighted by atomic mass is 32.2. The molecule has 0 aromatic rings. The number of ether oxygens (including phenoxy) is 1. The topological polar surface area (TPSA) is 87.2 Å². The molecule has 1 N–H and O–H groups in total. The predicted molar refractivity (Wildman–Crippen MR) is 74.5 cm³/mol. The summed E-state index contributed by atoms with van der Waals surface area (Å²) in [6, 6.07) is -1.17. The first-order chi connectivity index (χ1) is 9.42. The van der Waals surface area contributed by atoms with Crippen molar-refractivity contribution in [2.24, 2.45) is 0 Å². The van der Waals surface area contributed by atoms with Crippen LogP contribution in [0.5, 0.6) is 0 Å². The van der Waals surface area contributed by atoms with E-state index in [0.717, 1.165) is 0 Å². The molecule has 8 heteroatoms. The molecule has 0 spiro atoms. The highest BCUT2D eigenvalue weighted by Crippen LogP contribution is 2.32. The minimum Gasteiger partial charge on any atom is -0.480 e. The molecule has 0 aliphatic carbocycles. The Morgan fingerprint density at radius 3 is 2.60 bits per heavy atom. The molecule has 0 saturated carbocycles. The number of nitrogens with zero attached hydrogens (tertiary/aromatic N) is 2. The smallest absolute Gasteiger partial charge is 0.327 e. The largest absolute Gasteiger partial charge is 0.480 e. The van der Waals surface area contributed by atoms with Crippen molar-refractivity contribution in [3.8, 4) is 0 Å². The first-order valence-electron chi connectivity index (χ1n) is 6.37. The van der Waals surface area contributed by atoms with Gasteiger partial charge in [-0.05, 0) is 6.42 Å². The number of hydrogen-bond acceptors (Lipinski definition) is 5. The second kappa shape index (κ2) is 7.37. The molecule has 1 fully saturated rings. The van der Waals surface area contributed by atoms with Crippen LogP contribution in [0.4, 0.5) is 4.79 Å². The van der Waals surface area contributed by atoms with Crippen molar-refractivity contribution in [1.29, 1.82) is 0 Å². The van der Waals surface area contributed by atoms with Crippen LogP contribution in [0.3, 0.4) is 0 Å². The second-order valence-electron chi connectivity index (χ2n) is 4.49. The van der Waals surface area contributed by atoms with Gasteiger partial charge >= 0.3 is 18.0 Å². The van der Waals surface area contributed by atoms with Crippen molar-refractivity contribution in [2.75, 3.05) is 26.5 Å². The highest BCUT2D eigenvalue weighted by Gasteiger charge is 2.41. The predicted octanol–water partition coefficient (Wildman–Crippen LogP) is 0.839. The summed E-state index contributed by atoms with van der Waals surface area (Å²) in [6.07, 6.45) is 0.777. The fourth-order valence-corrected chi connectivity index (χ4v) is 3.32. The molecule has 20 heavy (non-hydrogen) atoms. The summed E-state index contributed by atoms with van der Waals surface area (Å²) in [6.45, 7) is 2.12. The fraction of sp³-hybridized carbons (Fsp3) is 0.750. The van der Waals surface area contributed by atoms with E-state index < -0.39 is 18.0 Å². The lowest BCUT2D eigenvalue weighted by molar-refractivity contribution is -0.142. The standard InChI is InChI=1S/C12H20N2O5S/c1-4-9-14(8(7-20-9)11(16)17)12(18)13(2)6-5-10(15)19-3/h8-9H,4-7H2,1-3H3,(H,16,17). The molecule has 0 aromatic heterocycles. The maximum absolute atomic E-state index is 12.4. The zero-order valence-corrected chi connectivity index (χ0v) is 12.7. The SMILES string of the molecule is CCC1SCC(C(=O)O)N1C(=O)N(C)CCC(=O)OC. The van der Waals surface area contributed by atoms with E-state index >= 15 is 0 Å². The molecule has 2 amide bonds. The lowest BCUT2D eigenvalue weighted by atomic mass is 10.2. The zero-order valence-electron chi connectivity index (χ0n) is 11.9. The number of carboxylic acids is 1. The lowest BCUT2D eigenvalue weighted by Crippen LogP contribution is -2.50. The van der Waals surface area contributed by atoms with Crippen LogP contribution in [0, 0.1) is 0 Å². The molecule has 0 radical (unpaired) electrons. The van der Waals surface area contributed by atoms with E-state index in [2.05, 4.69) is 4.74 Å². The molecular weight excluding hydrogens is 284 g/mol. The van der Waals surface area contributed by atoms with Gasteiger partial charge in [0.15, 0.2) is 0 Å². The summed E-state index contributed by atoms with van der Waals surface area (Å²) in [7, 11) is 2.84. The Balaban J connectivity index is 2.70. The van der Waals surface area contributed by atoms with Gasteiger partial charge in [0, 0.05) is 19.3 Å². The summed E-state index contributed by atoms with van der Waals surface area (Å²) in [5.74, 6) is -1.00. The van der Waals surface area contributed by atoms with Gasteiger partial charge in [0.25, 0.3) is 0 Å². The van der Waals surface area contributed by atoms with Crippen LogP contribution in [0.15, 0.2) is 0 Å². The maximum Gasteiger partial charge on any atom is 0.327 e. The summed E-state index contributed by atoms with van der Waals surface area (Å²) >= 11 is 1.47. The van der Waals surface area contributed by atoms with Crippen molar-refractivity contribution in [1.82, 2.24) is 9.80 Å². The number of rotatable bonds is 5. The van der Waals surface area contributed by atoms with E-state index in [0.29, 0.717) is 12.2 Å². The van der Waals surface area contributed by atoms with Crippen LogP contribution < -0.4 is 0 Å². The number of carbonyl (C=O) groups is 3. The Hall–Kier alpha value is -1.44. The van der Waals surface area contributed by atoms with Gasteiger partial charge in [-0.3, -0.25) is 9.69 Å². The lowest BCUT2D eigenvalue weighted by Gasteiger charge is -2.31. The van der Waals surface area contributed by atoms with E-state index in [9.17, 15) is 19.5 Å². The van der Waals surface area contributed by atoms with Gasteiger partial charge in [0.2, 0.25) is 0 Å². The third kappa shape index (κ3) is 3.78. The van der Waals surface area contributed by atoms with Crippen LogP contribution in [-0.2, 0) is 14.3 Å². The molecule has 1 aliphatic heterocycles. The van der Waals surface area contributed by atoms with Crippen molar-refractivity contribution in [2.45, 2.75) is 31.2 Å². The van der Waals surface area contributed by atoms with Gasteiger partial charge in [-0.15, -0.1) is 11.8 Å². The molecular formula is C12H20N2O5S. The summed E-state index contributed by atoms with van der Waals surface area (Å²) in [4.78, 5) is 37.4. The minimum absolute atomic E-state index is 0.0915. The molecule has 1 aliphatic rings. The number of thioether (sulfide) groups is 1. The van der Waals surface area contributed by atoms with Crippen molar-refractivity contribution in [3.05, 3.63) is 0 Å². The average Bonchev–Trinajstić information content (AvgIpc) is 2.87. The number of esters is 1. The van der Waals surface area contributed by atoms with Crippen LogP contribution in [-0.4, -0.2) is 70.7 Å². The molecule has 1 rings (SSSR count). The highest BCUT2D eigenvalue weighted by molar-refractivity contribution is 8.00. The molecule has 2 unspecified atom stereocenters. The van der Waals surface area contributed by atoms with Gasteiger partial charge < -0.3 is 14.7 Å². The molecule has 114 valence electrons. The second-order valence-corrected chi connectivity index (χ2v) is 5.70. The van der Waals surface area contributed by atoms with E-state index in [1.165, 1.54) is 28.7 Å². The number of hydrogen-bond donors (Lipinski definition) is 1. The normalized spacial score (nSPS) is 21.6. The molecule has 7 nitrogen and oxygen atoms in total. The number of carboxylic acid groups (broad SMARTS) is 1. The van der Waals surface area contributed by atoms with Crippen LogP contribution in [0.1, 0.15) is 19.8 Å². The van der Waals surface area contributed by atoms with Gasteiger partial charge in [0.1, 0.15) is 6.04 Å². The van der Waals surface area contributed by atoms with E-state index in [4.69, 9.17) is 0 Å². The van der Waals surface area contributed by atoms with Crippen LogP contribution in [0.2, 0.25) is 0 Å². The quantitative estimate of drug-likeness (QED) is 0.757. The summed E-state index contributed by atoms with van der Waals surface area (Å²) in [5.41, 5.74) is 0. The average molecular weight is 304 g/mol. The van der Waals surface area contributed by atoms with Gasteiger partial charge in [-0.2, -0.15) is 0 Å². The fourth-order valence-electron chi connectivity index (χ4n) is 1.98. The molecule has 1 heterocycles. The molecule has 2 atom stereocenters. The molecule has 1 saturated heterocycles. The van der Waals surface area contributed by atoms with Gasteiger partial charge in [-0.25, -0.2) is 9.59 Å². The third-order valence-electron chi connectivity index (χ3n) is 3.15. The number of amides is 2. The van der Waals surface area contributed by atoms with Crippen molar-refractivity contribution < 1.29 is 24.2 Å². The first-order valence-corrected chi connectivity index (χ1v) is 7.41. The van der Waals surface area contributed by atoms with Gasteiger partial charge in [-0.1, -0.05) is 6.92 Å². The Morgan fingerprint density at radius 2 is 2.10 bits per heavy atom. The first kappa shape index (κ1) is 16.6. The van der Waals surface area contributed by atoms with Crippen LogP contribution in [0.25, 0.3) is 0 Å². The molecule has 0 bridgehead atoms. The van der Waals surface area contributed by atoms with E-state index in [1.807, 2.05) is 6.92 Å². The maximum atomic E-state index is 12.4. The Morgan fingerprint density at radius 1 is 1.45 bits per heavy atom. The van der Waals surface area contributed by atoms with Gasteiger partial charge in [0.05, 0.1) is 18.9 Å². The Kier molecular flexibility index (Phi) is 6.12. The van der Waals surface area contributed by atoms with Crippen LogP contribution >= 0.6 is 11.8 Å². The third-order valence-corrected chi connectivity index (χ3v) is 4.61. The summed E-state index contributed by atoms with van der Waals surface area (Å²) in [5, 5.41) is 9.05. The van der Waals surface area contributed by atoms with E-state index in [1.54, 1.807) is 7.05 Å². The molecule has 0 aromatic carbocycles. The minimum atomic E-state index is -0.997. The van der Waals surface area contributed by atoms with E-state index in [-0.39, 0.29) is 24.4 Å². The monoisotopic (exact) mass is 304 g/mol.